The Morgan fingerprint density at radius 3 is 2.60 bits per heavy atom. The van der Waals surface area contributed by atoms with Crippen LogP contribution in [0.2, 0.25) is 0 Å². The molecule has 5 rings (SSSR count). The minimum atomic E-state index is -4.66. The van der Waals surface area contributed by atoms with E-state index >= 15 is 0 Å². The summed E-state index contributed by atoms with van der Waals surface area (Å²) in [6, 6.07) is 8.21. The Morgan fingerprint density at radius 1 is 1.18 bits per heavy atom. The third kappa shape index (κ3) is 5.49. The number of hydrogen-bond donors (Lipinski definition) is 2. The molecular weight excluding hydrogens is 531 g/mol. The number of aromatic nitrogens is 4. The number of H-pyrrole nitrogens is 1. The highest BCUT2D eigenvalue weighted by Crippen LogP contribution is 2.33. The van der Waals surface area contributed by atoms with Gasteiger partial charge in [0.15, 0.2) is 11.5 Å². The first-order valence-electron chi connectivity index (χ1n) is 12.8. The van der Waals surface area contributed by atoms with Crippen molar-refractivity contribution in [3.63, 3.8) is 0 Å². The Balaban J connectivity index is 1.56. The van der Waals surface area contributed by atoms with E-state index in [0.717, 1.165) is 42.2 Å². The molecule has 1 aliphatic carbocycles. The number of rotatable bonds is 7. The van der Waals surface area contributed by atoms with Crippen molar-refractivity contribution < 1.29 is 27.8 Å². The third-order valence-corrected chi connectivity index (χ3v) is 7.05. The van der Waals surface area contributed by atoms with Crippen LogP contribution in [0.5, 0.6) is 5.75 Å². The molecule has 10 nitrogen and oxygen atoms in total. The summed E-state index contributed by atoms with van der Waals surface area (Å²) in [4.78, 5) is 48.1. The number of aryl methyl sites for hydroxylation is 1. The smallest absolute Gasteiger partial charge is 0.416 e. The number of amides is 1. The first-order chi connectivity index (χ1) is 19.0. The molecule has 1 saturated carbocycles. The molecule has 0 aromatic heterocycles. The Morgan fingerprint density at radius 2 is 1.90 bits per heavy atom. The zero-order valence-corrected chi connectivity index (χ0v) is 21.5. The van der Waals surface area contributed by atoms with Crippen LogP contribution in [-0.2, 0) is 19.3 Å². The lowest BCUT2D eigenvalue weighted by atomic mass is 10.1. The lowest BCUT2D eigenvalue weighted by molar-refractivity contribution is -0.138. The lowest BCUT2D eigenvalue weighted by Gasteiger charge is -2.24. The Hall–Kier alpha value is -4.42. The molecule has 0 bridgehead atoms. The van der Waals surface area contributed by atoms with E-state index in [1.807, 2.05) is 6.92 Å². The van der Waals surface area contributed by atoms with E-state index in [-0.39, 0.29) is 36.3 Å². The molecule has 0 spiro atoms. The molecule has 0 saturated heterocycles. The van der Waals surface area contributed by atoms with Crippen LogP contribution in [0.3, 0.4) is 0 Å². The molecule has 1 amide bonds. The highest BCUT2D eigenvalue weighted by atomic mass is 19.4. The van der Waals surface area contributed by atoms with Crippen molar-refractivity contribution in [1.82, 2.24) is 24.4 Å². The van der Waals surface area contributed by atoms with Gasteiger partial charge in [-0.1, -0.05) is 18.2 Å². The average molecular weight is 558 g/mol. The summed E-state index contributed by atoms with van der Waals surface area (Å²) in [6.45, 7) is 0.920. The third-order valence-electron chi connectivity index (χ3n) is 7.05. The largest absolute Gasteiger partial charge is 0.490 e. The summed E-state index contributed by atoms with van der Waals surface area (Å²) in [7, 11) is 0. The Bertz CT molecular complexity index is 1660. The van der Waals surface area contributed by atoms with Gasteiger partial charge >= 0.3 is 18.0 Å². The van der Waals surface area contributed by atoms with Crippen molar-refractivity contribution in [3.8, 4) is 17.3 Å². The predicted molar refractivity (Wildman–Crippen MR) is 139 cm³/mol. The van der Waals surface area contributed by atoms with Crippen LogP contribution in [0.15, 0.2) is 46.0 Å². The van der Waals surface area contributed by atoms with Crippen molar-refractivity contribution in [2.24, 2.45) is 0 Å². The van der Waals surface area contributed by atoms with E-state index in [1.54, 1.807) is 12.1 Å². The van der Waals surface area contributed by atoms with Crippen molar-refractivity contribution in [2.75, 3.05) is 6.54 Å². The first-order valence-corrected chi connectivity index (χ1v) is 12.8. The summed E-state index contributed by atoms with van der Waals surface area (Å²) >= 11 is 0. The molecule has 2 heterocycles. The molecule has 0 unspecified atom stereocenters. The number of halogens is 3. The first kappa shape index (κ1) is 27.2. The predicted octanol–water partition coefficient (Wildman–Crippen LogP) is 4.41. The molecule has 40 heavy (non-hydrogen) atoms. The summed E-state index contributed by atoms with van der Waals surface area (Å²) in [6.07, 6.45) is -2.10. The van der Waals surface area contributed by atoms with Crippen LogP contribution in [0, 0.1) is 6.92 Å². The fourth-order valence-corrected chi connectivity index (χ4v) is 5.07. The second kappa shape index (κ2) is 10.6. The van der Waals surface area contributed by atoms with E-state index < -0.39 is 35.6 Å². The highest BCUT2D eigenvalue weighted by Gasteiger charge is 2.33. The minimum absolute atomic E-state index is 0.0448. The molecular formula is C27H26F3N5O5. The van der Waals surface area contributed by atoms with E-state index in [9.17, 15) is 32.7 Å². The van der Waals surface area contributed by atoms with Gasteiger partial charge in [0.25, 0.3) is 5.56 Å². The fourth-order valence-electron chi connectivity index (χ4n) is 5.07. The normalized spacial score (nSPS) is 14.2. The van der Waals surface area contributed by atoms with E-state index in [0.29, 0.717) is 16.8 Å². The maximum absolute atomic E-state index is 13.5. The Labute approximate surface area is 225 Å². The SMILES string of the molecule is Cc1cc2nc3c(=O)[nH]c(=O)nc-3n(CCN(Cc3ccccc3C(F)(F)F)C(=O)O)c2cc1OC1CCCC1. The zero-order valence-electron chi connectivity index (χ0n) is 21.5. The number of carbonyl (C=O) groups is 1. The highest BCUT2D eigenvalue weighted by molar-refractivity contribution is 5.82. The average Bonchev–Trinajstić information content (AvgIpc) is 3.40. The van der Waals surface area contributed by atoms with Gasteiger partial charge in [0, 0.05) is 25.7 Å². The van der Waals surface area contributed by atoms with E-state index in [4.69, 9.17) is 4.74 Å². The summed E-state index contributed by atoms with van der Waals surface area (Å²) in [5.41, 5.74) is -1.32. The standard InChI is InChI=1S/C27H26F3N5O5/c1-15-12-19-20(13-21(15)40-17-7-3-4-8-17)35(23-22(31-19)24(36)33-25(37)32-23)11-10-34(26(38)39)14-16-6-2-5-9-18(16)27(28,29)30/h2,5-6,9,12-13,17H,3-4,7-8,10-11,14H2,1H3,(H,38,39)(H,33,36,37). The second-order valence-electron chi connectivity index (χ2n) is 9.80. The van der Waals surface area contributed by atoms with Gasteiger partial charge in [-0.15, -0.1) is 0 Å². The van der Waals surface area contributed by atoms with Gasteiger partial charge in [0.2, 0.25) is 0 Å². The summed E-state index contributed by atoms with van der Waals surface area (Å²) < 4.78 is 48.3. The van der Waals surface area contributed by atoms with E-state index in [2.05, 4.69) is 15.0 Å². The van der Waals surface area contributed by atoms with Gasteiger partial charge in [-0.2, -0.15) is 18.2 Å². The fraction of sp³-hybridized carbons (Fsp3) is 0.370. The van der Waals surface area contributed by atoms with Crippen LogP contribution in [0.25, 0.3) is 22.6 Å². The van der Waals surface area contributed by atoms with Gasteiger partial charge in [-0.3, -0.25) is 9.78 Å². The maximum atomic E-state index is 13.5. The van der Waals surface area contributed by atoms with Crippen LogP contribution < -0.4 is 16.0 Å². The quantitative estimate of drug-likeness (QED) is 0.322. The monoisotopic (exact) mass is 557 g/mol. The molecule has 2 aliphatic heterocycles. The molecule has 0 radical (unpaired) electrons. The Kier molecular flexibility index (Phi) is 7.21. The van der Waals surface area contributed by atoms with E-state index in [1.165, 1.54) is 22.8 Å². The molecule has 13 heteroatoms. The van der Waals surface area contributed by atoms with Crippen molar-refractivity contribution >= 4 is 17.1 Å². The number of ether oxygens (including phenoxy) is 1. The molecule has 0 atom stereocenters. The maximum Gasteiger partial charge on any atom is 0.416 e. The van der Waals surface area contributed by atoms with Gasteiger partial charge in [-0.05, 0) is 55.9 Å². The van der Waals surface area contributed by atoms with Crippen molar-refractivity contribution in [3.05, 3.63) is 73.9 Å². The van der Waals surface area contributed by atoms with Crippen LogP contribution in [0.1, 0.15) is 42.4 Å². The number of alkyl halides is 3. The number of nitrogens with one attached hydrogen (secondary N) is 1. The topological polar surface area (TPSA) is 130 Å². The number of aromatic amines is 1. The zero-order chi connectivity index (χ0) is 28.6. The minimum Gasteiger partial charge on any atom is -0.490 e. The van der Waals surface area contributed by atoms with Gasteiger partial charge in [0.1, 0.15) is 5.75 Å². The molecule has 2 aromatic rings. The van der Waals surface area contributed by atoms with Crippen molar-refractivity contribution in [1.29, 1.82) is 0 Å². The van der Waals surface area contributed by atoms with Crippen LogP contribution in [-0.4, -0.2) is 48.3 Å². The second-order valence-corrected chi connectivity index (χ2v) is 9.80. The number of nitrogens with zero attached hydrogens (tertiary/aromatic N) is 4. The molecule has 2 N–H and O–H groups in total. The number of benzene rings is 2. The number of fused-ring (bicyclic) bond motifs is 2. The molecule has 2 aromatic carbocycles. The number of hydrogen-bond acceptors (Lipinski definition) is 6. The van der Waals surface area contributed by atoms with Gasteiger partial charge < -0.3 is 19.3 Å². The van der Waals surface area contributed by atoms with Gasteiger partial charge in [-0.25, -0.2) is 14.6 Å². The summed E-state index contributed by atoms with van der Waals surface area (Å²) in [5, 5.41) is 9.84. The van der Waals surface area contributed by atoms with Crippen molar-refractivity contribution in [2.45, 2.75) is 58.0 Å². The van der Waals surface area contributed by atoms with Gasteiger partial charge in [0.05, 0.1) is 22.7 Å². The summed E-state index contributed by atoms with van der Waals surface area (Å²) in [5.74, 6) is 0.508. The lowest BCUT2D eigenvalue weighted by Crippen LogP contribution is -2.34. The molecule has 210 valence electrons. The van der Waals surface area contributed by atoms with Crippen LogP contribution >= 0.6 is 0 Å². The molecule has 1 fully saturated rings. The van der Waals surface area contributed by atoms with Crippen LogP contribution in [0.4, 0.5) is 18.0 Å². The molecule has 3 aliphatic rings. The number of carboxylic acid groups (broad SMARTS) is 1.